The SMILES string of the molecule is Cc1cccc(OCCOc2ccc(Cl)cc2/C=N\NC(=S)NCc2ccccc2)c1. The molecule has 0 spiro atoms. The van der Waals surface area contributed by atoms with Gasteiger partial charge in [0, 0.05) is 17.1 Å². The second kappa shape index (κ2) is 11.9. The first-order chi connectivity index (χ1) is 15.1. The van der Waals surface area contributed by atoms with Crippen LogP contribution in [0.5, 0.6) is 11.5 Å². The molecule has 0 atom stereocenters. The van der Waals surface area contributed by atoms with E-state index in [2.05, 4.69) is 15.8 Å². The second-order valence-corrected chi connectivity index (χ2v) is 7.58. The van der Waals surface area contributed by atoms with Crippen molar-refractivity contribution >= 4 is 35.1 Å². The molecular formula is C24H24ClN3O2S. The predicted octanol–water partition coefficient (Wildman–Crippen LogP) is 5.10. The minimum Gasteiger partial charge on any atom is -0.490 e. The maximum atomic E-state index is 6.13. The van der Waals surface area contributed by atoms with Crippen LogP contribution in [0.25, 0.3) is 0 Å². The molecule has 31 heavy (non-hydrogen) atoms. The van der Waals surface area contributed by atoms with Crippen molar-refractivity contribution in [2.75, 3.05) is 13.2 Å². The van der Waals surface area contributed by atoms with Gasteiger partial charge in [-0.2, -0.15) is 5.10 Å². The molecular weight excluding hydrogens is 430 g/mol. The van der Waals surface area contributed by atoms with Gasteiger partial charge in [0.2, 0.25) is 0 Å². The third-order valence-corrected chi connectivity index (χ3v) is 4.71. The summed E-state index contributed by atoms with van der Waals surface area (Å²) >= 11 is 11.4. The quantitative estimate of drug-likeness (QED) is 0.204. The van der Waals surface area contributed by atoms with Crippen LogP contribution in [-0.4, -0.2) is 24.5 Å². The zero-order chi connectivity index (χ0) is 21.9. The zero-order valence-corrected chi connectivity index (χ0v) is 18.7. The Morgan fingerprint density at radius 2 is 1.81 bits per heavy atom. The van der Waals surface area contributed by atoms with Gasteiger partial charge in [0.1, 0.15) is 24.7 Å². The Morgan fingerprint density at radius 3 is 2.61 bits per heavy atom. The van der Waals surface area contributed by atoms with Gasteiger partial charge in [-0.3, -0.25) is 5.43 Å². The van der Waals surface area contributed by atoms with Gasteiger partial charge in [0.15, 0.2) is 5.11 Å². The first-order valence-electron chi connectivity index (χ1n) is 9.83. The van der Waals surface area contributed by atoms with E-state index in [0.29, 0.717) is 35.6 Å². The third kappa shape index (κ3) is 7.92. The van der Waals surface area contributed by atoms with Crippen LogP contribution in [-0.2, 0) is 6.54 Å². The molecule has 3 aromatic carbocycles. The fraction of sp³-hybridized carbons (Fsp3) is 0.167. The summed E-state index contributed by atoms with van der Waals surface area (Å²) in [5.74, 6) is 1.48. The standard InChI is InChI=1S/C24H24ClN3O2S/c1-18-6-5-9-22(14-18)29-12-13-30-23-11-10-21(25)15-20(23)17-27-28-24(31)26-16-19-7-3-2-4-8-19/h2-11,14-15,17H,12-13,16H2,1H3,(H2,26,28,31)/b27-17-. The highest BCUT2D eigenvalue weighted by atomic mass is 35.5. The van der Waals surface area contributed by atoms with E-state index in [1.807, 2.05) is 67.6 Å². The molecule has 0 aliphatic heterocycles. The molecule has 0 aromatic heterocycles. The Kier molecular flexibility index (Phi) is 8.70. The minimum absolute atomic E-state index is 0.390. The van der Waals surface area contributed by atoms with Gasteiger partial charge in [0.25, 0.3) is 0 Å². The first-order valence-corrected chi connectivity index (χ1v) is 10.6. The van der Waals surface area contributed by atoms with Gasteiger partial charge in [-0.15, -0.1) is 0 Å². The van der Waals surface area contributed by atoms with Gasteiger partial charge in [0.05, 0.1) is 6.21 Å². The summed E-state index contributed by atoms with van der Waals surface area (Å²) in [7, 11) is 0. The number of aryl methyl sites for hydroxylation is 1. The lowest BCUT2D eigenvalue weighted by molar-refractivity contribution is 0.217. The van der Waals surface area contributed by atoms with Crippen LogP contribution in [0.15, 0.2) is 77.9 Å². The Hall–Kier alpha value is -3.09. The van der Waals surface area contributed by atoms with E-state index in [-0.39, 0.29) is 0 Å². The topological polar surface area (TPSA) is 54.9 Å². The van der Waals surface area contributed by atoms with E-state index >= 15 is 0 Å². The molecule has 2 N–H and O–H groups in total. The highest BCUT2D eigenvalue weighted by Gasteiger charge is 2.04. The summed E-state index contributed by atoms with van der Waals surface area (Å²) in [5, 5.41) is 8.32. The van der Waals surface area contributed by atoms with E-state index in [4.69, 9.17) is 33.3 Å². The Labute approximate surface area is 193 Å². The van der Waals surface area contributed by atoms with Crippen LogP contribution in [0.2, 0.25) is 5.02 Å². The van der Waals surface area contributed by atoms with Crippen molar-refractivity contribution in [1.82, 2.24) is 10.7 Å². The molecule has 0 saturated carbocycles. The van der Waals surface area contributed by atoms with Gasteiger partial charge in [-0.05, 0) is 60.6 Å². The number of benzene rings is 3. The van der Waals surface area contributed by atoms with Crippen molar-refractivity contribution < 1.29 is 9.47 Å². The molecule has 0 radical (unpaired) electrons. The Morgan fingerprint density at radius 1 is 1.00 bits per heavy atom. The van der Waals surface area contributed by atoms with Crippen LogP contribution in [0.1, 0.15) is 16.7 Å². The third-order valence-electron chi connectivity index (χ3n) is 4.24. The smallest absolute Gasteiger partial charge is 0.187 e. The molecule has 3 rings (SSSR count). The van der Waals surface area contributed by atoms with Crippen molar-refractivity contribution in [3.63, 3.8) is 0 Å². The van der Waals surface area contributed by atoms with Crippen LogP contribution >= 0.6 is 23.8 Å². The Balaban J connectivity index is 1.48. The molecule has 0 bridgehead atoms. The summed E-state index contributed by atoms with van der Waals surface area (Å²) < 4.78 is 11.6. The normalized spacial score (nSPS) is 10.6. The largest absolute Gasteiger partial charge is 0.490 e. The maximum absolute atomic E-state index is 6.13. The Bertz CT molecular complexity index is 1030. The predicted molar refractivity (Wildman–Crippen MR) is 130 cm³/mol. The summed E-state index contributed by atoms with van der Waals surface area (Å²) in [4.78, 5) is 0. The molecule has 0 aliphatic rings. The van der Waals surface area contributed by atoms with Crippen molar-refractivity contribution in [2.24, 2.45) is 5.10 Å². The molecule has 0 heterocycles. The highest BCUT2D eigenvalue weighted by molar-refractivity contribution is 7.80. The van der Waals surface area contributed by atoms with E-state index in [1.54, 1.807) is 18.3 Å². The van der Waals surface area contributed by atoms with Crippen LogP contribution in [0.3, 0.4) is 0 Å². The van der Waals surface area contributed by atoms with Gasteiger partial charge >= 0.3 is 0 Å². The van der Waals surface area contributed by atoms with Gasteiger partial charge in [-0.25, -0.2) is 0 Å². The second-order valence-electron chi connectivity index (χ2n) is 6.73. The van der Waals surface area contributed by atoms with Gasteiger partial charge in [-0.1, -0.05) is 54.1 Å². The number of ether oxygens (including phenoxy) is 2. The molecule has 160 valence electrons. The number of thiocarbonyl (C=S) groups is 1. The van der Waals surface area contributed by atoms with Crippen molar-refractivity contribution in [3.05, 3.63) is 94.5 Å². The zero-order valence-electron chi connectivity index (χ0n) is 17.2. The fourth-order valence-electron chi connectivity index (χ4n) is 2.75. The number of hydrogen-bond donors (Lipinski definition) is 2. The molecule has 0 unspecified atom stereocenters. The van der Waals surface area contributed by atoms with Crippen LogP contribution in [0.4, 0.5) is 0 Å². The summed E-state index contributed by atoms with van der Waals surface area (Å²) in [5.41, 5.74) is 5.83. The number of halogens is 1. The number of hydrazone groups is 1. The van der Waals surface area contributed by atoms with E-state index in [9.17, 15) is 0 Å². The maximum Gasteiger partial charge on any atom is 0.187 e. The fourth-order valence-corrected chi connectivity index (χ4v) is 3.05. The van der Waals surface area contributed by atoms with Crippen molar-refractivity contribution in [1.29, 1.82) is 0 Å². The minimum atomic E-state index is 0.390. The number of rotatable bonds is 9. The van der Waals surface area contributed by atoms with Crippen molar-refractivity contribution in [2.45, 2.75) is 13.5 Å². The van der Waals surface area contributed by atoms with E-state index < -0.39 is 0 Å². The average Bonchev–Trinajstić information content (AvgIpc) is 2.77. The number of hydrogen-bond acceptors (Lipinski definition) is 4. The monoisotopic (exact) mass is 453 g/mol. The molecule has 0 saturated heterocycles. The lowest BCUT2D eigenvalue weighted by Gasteiger charge is -2.11. The molecule has 7 heteroatoms. The van der Waals surface area contributed by atoms with Crippen LogP contribution < -0.4 is 20.2 Å². The molecule has 0 fully saturated rings. The summed E-state index contributed by atoms with van der Waals surface area (Å²) in [6.07, 6.45) is 1.62. The lowest BCUT2D eigenvalue weighted by Crippen LogP contribution is -2.31. The summed E-state index contributed by atoms with van der Waals surface area (Å²) in [6, 6.07) is 23.3. The number of nitrogens with zero attached hydrogens (tertiary/aromatic N) is 1. The molecule has 0 amide bonds. The highest BCUT2D eigenvalue weighted by Crippen LogP contribution is 2.21. The van der Waals surface area contributed by atoms with Gasteiger partial charge < -0.3 is 14.8 Å². The van der Waals surface area contributed by atoms with Crippen LogP contribution in [0, 0.1) is 6.92 Å². The van der Waals surface area contributed by atoms with E-state index in [1.165, 1.54) is 0 Å². The molecule has 0 aliphatic carbocycles. The van der Waals surface area contributed by atoms with E-state index in [0.717, 1.165) is 22.4 Å². The lowest BCUT2D eigenvalue weighted by atomic mass is 10.2. The first kappa shape index (κ1) is 22.6. The summed E-state index contributed by atoms with van der Waals surface area (Å²) in [6.45, 7) is 3.46. The number of nitrogens with one attached hydrogen (secondary N) is 2. The molecule has 5 nitrogen and oxygen atoms in total. The average molecular weight is 454 g/mol. The van der Waals surface area contributed by atoms with Crippen molar-refractivity contribution in [3.8, 4) is 11.5 Å². The molecule has 3 aromatic rings.